The van der Waals surface area contributed by atoms with Gasteiger partial charge >= 0.3 is 5.97 Å². The van der Waals surface area contributed by atoms with Crippen LogP contribution >= 0.6 is 0 Å². The van der Waals surface area contributed by atoms with Gasteiger partial charge in [0.2, 0.25) is 0 Å². The molecule has 0 bridgehead atoms. The number of nitrogens with one attached hydrogen (secondary N) is 1. The summed E-state index contributed by atoms with van der Waals surface area (Å²) in [6, 6.07) is 10.2. The molecule has 0 unspecified atom stereocenters. The van der Waals surface area contributed by atoms with E-state index in [9.17, 15) is 9.90 Å². The van der Waals surface area contributed by atoms with Crippen LogP contribution in [0.15, 0.2) is 36.4 Å². The maximum atomic E-state index is 11.1. The lowest BCUT2D eigenvalue weighted by Crippen LogP contribution is -2.21. The topological polar surface area (TPSA) is 89.5 Å². The van der Waals surface area contributed by atoms with Gasteiger partial charge in [-0.15, -0.1) is 0 Å². The third kappa shape index (κ3) is 2.78. The average molecular weight is 325 g/mol. The van der Waals surface area contributed by atoms with Gasteiger partial charge in [-0.25, -0.2) is 9.78 Å². The van der Waals surface area contributed by atoms with Crippen molar-refractivity contribution in [1.82, 2.24) is 9.97 Å². The SMILES string of the molecule is CCN(CC)c1ccc(-c2nc3ccc(C(=O)O)cc3[nH]2)c(O)c1. The molecule has 0 aliphatic heterocycles. The van der Waals surface area contributed by atoms with Crippen molar-refractivity contribution in [1.29, 1.82) is 0 Å². The van der Waals surface area contributed by atoms with E-state index in [0.717, 1.165) is 18.8 Å². The molecular formula is C18H19N3O3. The van der Waals surface area contributed by atoms with Crippen molar-refractivity contribution in [3.8, 4) is 17.1 Å². The van der Waals surface area contributed by atoms with Crippen LogP contribution in [0.2, 0.25) is 0 Å². The van der Waals surface area contributed by atoms with Gasteiger partial charge in [0, 0.05) is 24.8 Å². The number of anilines is 1. The molecule has 0 aliphatic rings. The summed E-state index contributed by atoms with van der Waals surface area (Å²) in [6.45, 7) is 5.84. The maximum absolute atomic E-state index is 11.1. The number of hydrogen-bond acceptors (Lipinski definition) is 4. The van der Waals surface area contributed by atoms with E-state index in [1.165, 1.54) is 12.1 Å². The minimum atomic E-state index is -0.987. The highest BCUT2D eigenvalue weighted by Crippen LogP contribution is 2.32. The first-order valence-electron chi connectivity index (χ1n) is 7.84. The minimum absolute atomic E-state index is 0.136. The molecule has 0 saturated heterocycles. The highest BCUT2D eigenvalue weighted by atomic mass is 16.4. The molecule has 6 nitrogen and oxygen atoms in total. The monoisotopic (exact) mass is 325 g/mol. The van der Waals surface area contributed by atoms with E-state index in [0.29, 0.717) is 22.4 Å². The fraction of sp³-hybridized carbons (Fsp3) is 0.222. The van der Waals surface area contributed by atoms with Crippen LogP contribution in [0, 0.1) is 0 Å². The summed E-state index contributed by atoms with van der Waals surface area (Å²) in [5.41, 5.74) is 3.00. The number of phenols is 1. The smallest absolute Gasteiger partial charge is 0.335 e. The Balaban J connectivity index is 2.02. The summed E-state index contributed by atoms with van der Waals surface area (Å²) in [5.74, 6) is -0.340. The molecule has 24 heavy (non-hydrogen) atoms. The minimum Gasteiger partial charge on any atom is -0.507 e. The van der Waals surface area contributed by atoms with Crippen LogP contribution in [0.25, 0.3) is 22.4 Å². The second-order valence-corrected chi connectivity index (χ2v) is 5.50. The van der Waals surface area contributed by atoms with Crippen LogP contribution in [-0.4, -0.2) is 39.2 Å². The number of aromatic hydroxyl groups is 1. The number of nitrogens with zero attached hydrogens (tertiary/aromatic N) is 2. The number of aromatic amines is 1. The van der Waals surface area contributed by atoms with Crippen LogP contribution in [0.5, 0.6) is 5.75 Å². The number of rotatable bonds is 5. The number of hydrogen-bond donors (Lipinski definition) is 3. The maximum Gasteiger partial charge on any atom is 0.335 e. The van der Waals surface area contributed by atoms with Crippen LogP contribution in [0.4, 0.5) is 5.69 Å². The molecule has 6 heteroatoms. The molecule has 1 aromatic heterocycles. The third-order valence-electron chi connectivity index (χ3n) is 4.09. The van der Waals surface area contributed by atoms with Gasteiger partial charge in [-0.2, -0.15) is 0 Å². The number of aromatic carboxylic acids is 1. The molecule has 3 N–H and O–H groups in total. The zero-order valence-electron chi connectivity index (χ0n) is 13.6. The number of carboxylic acids is 1. The molecular weight excluding hydrogens is 306 g/mol. The molecule has 0 fully saturated rings. The second-order valence-electron chi connectivity index (χ2n) is 5.50. The van der Waals surface area contributed by atoms with Crippen molar-refractivity contribution in [3.63, 3.8) is 0 Å². The van der Waals surface area contributed by atoms with Gasteiger partial charge in [0.05, 0.1) is 22.2 Å². The lowest BCUT2D eigenvalue weighted by atomic mass is 10.1. The molecule has 1 heterocycles. The van der Waals surface area contributed by atoms with Gasteiger partial charge in [0.15, 0.2) is 0 Å². The van der Waals surface area contributed by atoms with Gasteiger partial charge in [-0.1, -0.05) is 0 Å². The number of H-pyrrole nitrogens is 1. The lowest BCUT2D eigenvalue weighted by Gasteiger charge is -2.21. The zero-order chi connectivity index (χ0) is 17.3. The molecule has 0 saturated carbocycles. The van der Waals surface area contributed by atoms with Crippen molar-refractivity contribution in [2.24, 2.45) is 0 Å². The van der Waals surface area contributed by atoms with Gasteiger partial charge in [-0.3, -0.25) is 0 Å². The average Bonchev–Trinajstić information content (AvgIpc) is 2.98. The Hall–Kier alpha value is -3.02. The predicted octanol–water partition coefficient (Wildman–Crippen LogP) is 3.48. The second kappa shape index (κ2) is 6.23. The number of carbonyl (C=O) groups is 1. The summed E-state index contributed by atoms with van der Waals surface area (Å²) in [5, 5.41) is 19.4. The number of carboxylic acid groups (broad SMARTS) is 1. The van der Waals surface area contributed by atoms with Crippen LogP contribution in [0.1, 0.15) is 24.2 Å². The van der Waals surface area contributed by atoms with Crippen LogP contribution < -0.4 is 4.90 Å². The van der Waals surface area contributed by atoms with Crippen molar-refractivity contribution in [2.75, 3.05) is 18.0 Å². The van der Waals surface area contributed by atoms with E-state index < -0.39 is 5.97 Å². The Labute approximate surface area is 139 Å². The number of aromatic nitrogens is 2. The largest absolute Gasteiger partial charge is 0.507 e. The Kier molecular flexibility index (Phi) is 4.12. The molecule has 3 rings (SSSR count). The fourth-order valence-corrected chi connectivity index (χ4v) is 2.78. The number of fused-ring (bicyclic) bond motifs is 1. The van der Waals surface area contributed by atoms with E-state index >= 15 is 0 Å². The van der Waals surface area contributed by atoms with Crippen molar-refractivity contribution >= 4 is 22.7 Å². The van der Waals surface area contributed by atoms with Crippen molar-refractivity contribution in [2.45, 2.75) is 13.8 Å². The Morgan fingerprint density at radius 1 is 1.17 bits per heavy atom. The van der Waals surface area contributed by atoms with Crippen molar-refractivity contribution < 1.29 is 15.0 Å². The summed E-state index contributed by atoms with van der Waals surface area (Å²) >= 11 is 0. The van der Waals surface area contributed by atoms with E-state index in [2.05, 4.69) is 28.7 Å². The molecule has 0 aliphatic carbocycles. The first kappa shape index (κ1) is 15.9. The zero-order valence-corrected chi connectivity index (χ0v) is 13.6. The highest BCUT2D eigenvalue weighted by molar-refractivity contribution is 5.93. The van der Waals surface area contributed by atoms with Gasteiger partial charge in [-0.05, 0) is 44.2 Å². The number of phenolic OH excluding ortho intramolecular Hbond substituents is 1. The Bertz CT molecular complexity index is 898. The van der Waals surface area contributed by atoms with Crippen LogP contribution in [0.3, 0.4) is 0 Å². The molecule has 0 amide bonds. The molecule has 0 spiro atoms. The van der Waals surface area contributed by atoms with E-state index in [4.69, 9.17) is 5.11 Å². The van der Waals surface area contributed by atoms with E-state index in [-0.39, 0.29) is 11.3 Å². The van der Waals surface area contributed by atoms with E-state index in [1.54, 1.807) is 12.1 Å². The Morgan fingerprint density at radius 2 is 1.92 bits per heavy atom. The number of imidazole rings is 1. The normalized spacial score (nSPS) is 10.9. The summed E-state index contributed by atoms with van der Waals surface area (Å²) < 4.78 is 0. The molecule has 124 valence electrons. The van der Waals surface area contributed by atoms with Gasteiger partial charge in [0.25, 0.3) is 0 Å². The van der Waals surface area contributed by atoms with Gasteiger partial charge in [0.1, 0.15) is 11.6 Å². The summed E-state index contributed by atoms with van der Waals surface area (Å²) in [7, 11) is 0. The standard InChI is InChI=1S/C18H19N3O3/c1-3-21(4-2)12-6-7-13(16(22)10-12)17-19-14-8-5-11(18(23)24)9-15(14)20-17/h5-10,22H,3-4H2,1-2H3,(H,19,20)(H,23,24). The highest BCUT2D eigenvalue weighted by Gasteiger charge is 2.13. The van der Waals surface area contributed by atoms with Crippen LogP contribution in [-0.2, 0) is 0 Å². The van der Waals surface area contributed by atoms with Gasteiger partial charge < -0.3 is 20.1 Å². The molecule has 2 aromatic carbocycles. The predicted molar refractivity (Wildman–Crippen MR) is 93.7 cm³/mol. The lowest BCUT2D eigenvalue weighted by molar-refractivity contribution is 0.0697. The molecule has 0 atom stereocenters. The fourth-order valence-electron chi connectivity index (χ4n) is 2.78. The number of benzene rings is 2. The Morgan fingerprint density at radius 3 is 2.54 bits per heavy atom. The summed E-state index contributed by atoms with van der Waals surface area (Å²) in [6.07, 6.45) is 0. The van der Waals surface area contributed by atoms with E-state index in [1.807, 2.05) is 12.1 Å². The van der Waals surface area contributed by atoms with Crippen molar-refractivity contribution in [3.05, 3.63) is 42.0 Å². The first-order chi connectivity index (χ1) is 11.5. The third-order valence-corrected chi connectivity index (χ3v) is 4.09. The quantitative estimate of drug-likeness (QED) is 0.668. The molecule has 0 radical (unpaired) electrons. The summed E-state index contributed by atoms with van der Waals surface area (Å²) in [4.78, 5) is 20.7. The first-order valence-corrected chi connectivity index (χ1v) is 7.84. The molecule has 3 aromatic rings.